The van der Waals surface area contributed by atoms with Gasteiger partial charge in [-0.15, -0.1) is 0 Å². The van der Waals surface area contributed by atoms with Crippen LogP contribution in [0.25, 0.3) is 0 Å². The van der Waals surface area contributed by atoms with Gasteiger partial charge in [0.1, 0.15) is 5.60 Å². The fraction of sp³-hybridized carbons (Fsp3) is 0.917. The average molecular weight is 214 g/mol. The summed E-state index contributed by atoms with van der Waals surface area (Å²) in [4.78, 5) is 11.1. The molecular formula is C12H22O3. The smallest absolute Gasteiger partial charge is 0.164 e. The molecule has 0 N–H and O–H groups in total. The maximum Gasteiger partial charge on any atom is 0.164 e. The van der Waals surface area contributed by atoms with E-state index in [1.54, 1.807) is 0 Å². The van der Waals surface area contributed by atoms with E-state index in [0.717, 1.165) is 19.1 Å². The molecule has 1 rings (SSSR count). The van der Waals surface area contributed by atoms with Gasteiger partial charge in [-0.25, -0.2) is 0 Å². The van der Waals surface area contributed by atoms with Crippen LogP contribution in [0.2, 0.25) is 0 Å². The Bertz CT molecular complexity index is 225. The van der Waals surface area contributed by atoms with Crippen molar-refractivity contribution in [2.45, 2.75) is 70.9 Å². The molecule has 1 aliphatic rings. The Labute approximate surface area is 92.1 Å². The van der Waals surface area contributed by atoms with Crippen LogP contribution in [0.1, 0.15) is 53.4 Å². The SMILES string of the molecule is CCCCC[C@@H]1OC(C)(C)O[C@@]1(C)C=O. The molecule has 0 unspecified atom stereocenters. The molecule has 88 valence electrons. The van der Waals surface area contributed by atoms with Crippen LogP contribution in [0.4, 0.5) is 0 Å². The second-order valence-corrected chi connectivity index (χ2v) is 4.91. The zero-order valence-corrected chi connectivity index (χ0v) is 10.2. The van der Waals surface area contributed by atoms with Crippen LogP contribution in [0.15, 0.2) is 0 Å². The zero-order valence-electron chi connectivity index (χ0n) is 10.2. The zero-order chi connectivity index (χ0) is 11.5. The summed E-state index contributed by atoms with van der Waals surface area (Å²) in [6.07, 6.45) is 5.11. The predicted molar refractivity (Wildman–Crippen MR) is 58.6 cm³/mol. The van der Waals surface area contributed by atoms with E-state index >= 15 is 0 Å². The monoisotopic (exact) mass is 214 g/mol. The third-order valence-corrected chi connectivity index (χ3v) is 2.83. The molecule has 0 aliphatic carbocycles. The number of hydrogen-bond acceptors (Lipinski definition) is 3. The van der Waals surface area contributed by atoms with Gasteiger partial charge in [0, 0.05) is 0 Å². The number of rotatable bonds is 5. The molecule has 3 nitrogen and oxygen atoms in total. The fourth-order valence-corrected chi connectivity index (χ4v) is 2.10. The number of hydrogen-bond donors (Lipinski definition) is 0. The maximum atomic E-state index is 11.1. The molecule has 0 amide bonds. The lowest BCUT2D eigenvalue weighted by Crippen LogP contribution is -2.38. The molecule has 2 atom stereocenters. The minimum Gasteiger partial charge on any atom is -0.344 e. The van der Waals surface area contributed by atoms with Gasteiger partial charge in [0.15, 0.2) is 12.1 Å². The first-order valence-electron chi connectivity index (χ1n) is 5.78. The van der Waals surface area contributed by atoms with Crippen molar-refractivity contribution in [3.63, 3.8) is 0 Å². The molecule has 0 aromatic carbocycles. The Hall–Kier alpha value is -0.410. The normalized spacial score (nSPS) is 34.3. The molecule has 15 heavy (non-hydrogen) atoms. The van der Waals surface area contributed by atoms with E-state index in [9.17, 15) is 4.79 Å². The number of carbonyl (C=O) groups is 1. The minimum atomic E-state index is -0.767. The quantitative estimate of drug-likeness (QED) is 0.521. The Morgan fingerprint density at radius 1 is 1.27 bits per heavy atom. The molecule has 0 saturated carbocycles. The van der Waals surface area contributed by atoms with Crippen LogP contribution in [-0.4, -0.2) is 23.8 Å². The summed E-state index contributed by atoms with van der Waals surface area (Å²) in [7, 11) is 0. The van der Waals surface area contributed by atoms with Crippen LogP contribution in [-0.2, 0) is 14.3 Å². The van der Waals surface area contributed by atoms with Crippen molar-refractivity contribution in [2.75, 3.05) is 0 Å². The van der Waals surface area contributed by atoms with E-state index < -0.39 is 11.4 Å². The maximum absolute atomic E-state index is 11.1. The van der Waals surface area contributed by atoms with Crippen LogP contribution in [0.3, 0.4) is 0 Å². The van der Waals surface area contributed by atoms with Gasteiger partial charge in [-0.3, -0.25) is 0 Å². The lowest BCUT2D eigenvalue weighted by atomic mass is 9.96. The summed E-state index contributed by atoms with van der Waals surface area (Å²) in [6, 6.07) is 0. The first-order chi connectivity index (χ1) is 6.93. The van der Waals surface area contributed by atoms with Crippen LogP contribution >= 0.6 is 0 Å². The van der Waals surface area contributed by atoms with Crippen molar-refractivity contribution in [1.82, 2.24) is 0 Å². The molecule has 0 radical (unpaired) electrons. The largest absolute Gasteiger partial charge is 0.344 e. The highest BCUT2D eigenvalue weighted by Gasteiger charge is 2.49. The van der Waals surface area contributed by atoms with Crippen LogP contribution in [0.5, 0.6) is 0 Å². The van der Waals surface area contributed by atoms with Crippen LogP contribution in [0, 0.1) is 0 Å². The van der Waals surface area contributed by atoms with Gasteiger partial charge in [-0.2, -0.15) is 0 Å². The number of unbranched alkanes of at least 4 members (excludes halogenated alkanes) is 2. The molecule has 0 bridgehead atoms. The molecule has 1 heterocycles. The van der Waals surface area contributed by atoms with Crippen molar-refractivity contribution >= 4 is 6.29 Å². The standard InChI is InChI=1S/C12H22O3/c1-5-6-7-8-10-12(4,9-13)15-11(2,3)14-10/h9-10H,5-8H2,1-4H3/t10-,12-/m0/s1. The van der Waals surface area contributed by atoms with Gasteiger partial charge < -0.3 is 14.3 Å². The lowest BCUT2D eigenvalue weighted by Gasteiger charge is -2.22. The Morgan fingerprint density at radius 2 is 1.93 bits per heavy atom. The fourth-order valence-electron chi connectivity index (χ4n) is 2.10. The topological polar surface area (TPSA) is 35.5 Å². The highest BCUT2D eigenvalue weighted by molar-refractivity contribution is 5.63. The molecule has 1 aliphatic heterocycles. The highest BCUT2D eigenvalue weighted by atomic mass is 16.8. The van der Waals surface area contributed by atoms with E-state index in [4.69, 9.17) is 9.47 Å². The Balaban J connectivity index is 2.57. The highest BCUT2D eigenvalue weighted by Crippen LogP contribution is 2.37. The first-order valence-corrected chi connectivity index (χ1v) is 5.78. The number of aldehydes is 1. The van der Waals surface area contributed by atoms with Crippen molar-refractivity contribution in [1.29, 1.82) is 0 Å². The van der Waals surface area contributed by atoms with E-state index in [1.807, 2.05) is 20.8 Å². The molecule has 0 aromatic rings. The van der Waals surface area contributed by atoms with E-state index in [2.05, 4.69) is 6.92 Å². The van der Waals surface area contributed by atoms with Gasteiger partial charge in [-0.1, -0.05) is 26.2 Å². The van der Waals surface area contributed by atoms with Crippen molar-refractivity contribution in [3.8, 4) is 0 Å². The van der Waals surface area contributed by atoms with E-state index in [-0.39, 0.29) is 6.10 Å². The molecular weight excluding hydrogens is 192 g/mol. The molecule has 3 heteroatoms. The van der Waals surface area contributed by atoms with Crippen molar-refractivity contribution < 1.29 is 14.3 Å². The van der Waals surface area contributed by atoms with Crippen molar-refractivity contribution in [2.24, 2.45) is 0 Å². The Kier molecular flexibility index (Phi) is 3.90. The van der Waals surface area contributed by atoms with E-state index in [0.29, 0.717) is 0 Å². The Morgan fingerprint density at radius 3 is 2.47 bits per heavy atom. The summed E-state index contributed by atoms with van der Waals surface area (Å²) < 4.78 is 11.4. The van der Waals surface area contributed by atoms with Gasteiger partial charge in [0.05, 0.1) is 6.10 Å². The molecule has 0 aromatic heterocycles. The summed E-state index contributed by atoms with van der Waals surface area (Å²) in [6.45, 7) is 7.68. The van der Waals surface area contributed by atoms with E-state index in [1.165, 1.54) is 12.8 Å². The second kappa shape index (κ2) is 4.62. The lowest BCUT2D eigenvalue weighted by molar-refractivity contribution is -0.163. The predicted octanol–water partition coefficient (Wildman–Crippen LogP) is 2.68. The molecule has 1 fully saturated rings. The van der Waals surface area contributed by atoms with Gasteiger partial charge in [0.2, 0.25) is 0 Å². The summed E-state index contributed by atoms with van der Waals surface area (Å²) >= 11 is 0. The second-order valence-electron chi connectivity index (χ2n) is 4.91. The molecule has 1 saturated heterocycles. The summed E-state index contributed by atoms with van der Waals surface area (Å²) in [5.74, 6) is -0.632. The van der Waals surface area contributed by atoms with Gasteiger partial charge >= 0.3 is 0 Å². The van der Waals surface area contributed by atoms with Crippen molar-refractivity contribution in [3.05, 3.63) is 0 Å². The number of ether oxygens (including phenoxy) is 2. The third kappa shape index (κ3) is 3.02. The third-order valence-electron chi connectivity index (χ3n) is 2.83. The van der Waals surface area contributed by atoms with Gasteiger partial charge in [0.25, 0.3) is 0 Å². The average Bonchev–Trinajstić information content (AvgIpc) is 2.38. The first kappa shape index (κ1) is 12.7. The number of carbonyl (C=O) groups excluding carboxylic acids is 1. The van der Waals surface area contributed by atoms with Gasteiger partial charge in [-0.05, 0) is 27.2 Å². The molecule has 0 spiro atoms. The van der Waals surface area contributed by atoms with Crippen LogP contribution < -0.4 is 0 Å². The summed E-state index contributed by atoms with van der Waals surface area (Å²) in [5.41, 5.74) is -0.767. The summed E-state index contributed by atoms with van der Waals surface area (Å²) in [5, 5.41) is 0. The minimum absolute atomic E-state index is 0.100.